The van der Waals surface area contributed by atoms with Crippen LogP contribution in [0.3, 0.4) is 0 Å². The second kappa shape index (κ2) is 9.40. The van der Waals surface area contributed by atoms with E-state index in [1.807, 2.05) is 13.8 Å². The van der Waals surface area contributed by atoms with Crippen LogP contribution in [-0.4, -0.2) is 48.3 Å². The summed E-state index contributed by atoms with van der Waals surface area (Å²) in [5, 5.41) is 2.65. The Morgan fingerprint density at radius 1 is 1.08 bits per heavy atom. The molecule has 1 aliphatic carbocycles. The minimum absolute atomic E-state index is 0. The lowest BCUT2D eigenvalue weighted by Gasteiger charge is -2.30. The Balaban J connectivity index is 0.00000361. The molecule has 2 aliphatic heterocycles. The van der Waals surface area contributed by atoms with Gasteiger partial charge < -0.3 is 10.2 Å². The number of amides is 3. The maximum atomic E-state index is 13.3. The molecule has 200 valence electrons. The van der Waals surface area contributed by atoms with Crippen molar-refractivity contribution in [3.63, 3.8) is 0 Å². The first-order valence-electron chi connectivity index (χ1n) is 11.0. The van der Waals surface area contributed by atoms with Crippen molar-refractivity contribution in [2.24, 2.45) is 23.2 Å². The molecule has 3 N–H and O–H groups in total. The lowest BCUT2D eigenvalue weighted by atomic mass is 9.98. The van der Waals surface area contributed by atoms with Crippen LogP contribution in [0.5, 0.6) is 0 Å². The summed E-state index contributed by atoms with van der Waals surface area (Å²) >= 11 is 0. The molecule has 0 radical (unpaired) electrons. The normalized spacial score (nSPS) is 26.7. The van der Waals surface area contributed by atoms with Gasteiger partial charge in [0.1, 0.15) is 6.04 Å². The highest BCUT2D eigenvalue weighted by molar-refractivity contribution is 5.99. The van der Waals surface area contributed by atoms with E-state index in [-0.39, 0.29) is 60.6 Å². The predicted molar refractivity (Wildman–Crippen MR) is 117 cm³/mol. The van der Waals surface area contributed by atoms with Gasteiger partial charge >= 0.3 is 12.4 Å². The van der Waals surface area contributed by atoms with Crippen LogP contribution >= 0.6 is 12.4 Å². The van der Waals surface area contributed by atoms with Crippen molar-refractivity contribution in [2.45, 2.75) is 38.7 Å². The average Bonchev–Trinajstić information content (AvgIpc) is 3.11. The molecule has 1 aromatic rings. The fourth-order valence-electron chi connectivity index (χ4n) is 5.21. The molecule has 1 aromatic carbocycles. The summed E-state index contributed by atoms with van der Waals surface area (Å²) in [7, 11) is 0. The number of nitrogens with zero attached hydrogens (tertiary/aromatic N) is 1. The quantitative estimate of drug-likeness (QED) is 0.394. The van der Waals surface area contributed by atoms with Crippen molar-refractivity contribution >= 4 is 30.1 Å². The summed E-state index contributed by atoms with van der Waals surface area (Å²) in [4.78, 5) is 38.9. The maximum Gasteiger partial charge on any atom is 0.416 e. The molecule has 0 spiro atoms. The highest BCUT2D eigenvalue weighted by atomic mass is 35.5. The molecule has 0 bridgehead atoms. The van der Waals surface area contributed by atoms with Gasteiger partial charge in [0.25, 0.3) is 11.8 Å². The third-order valence-electron chi connectivity index (χ3n) is 7.30. The number of piperidine rings is 1. The molecule has 36 heavy (non-hydrogen) atoms. The van der Waals surface area contributed by atoms with Gasteiger partial charge in [0.15, 0.2) is 0 Å². The monoisotopic (exact) mass is 542 g/mol. The van der Waals surface area contributed by atoms with Crippen LogP contribution in [-0.2, 0) is 21.9 Å². The molecule has 3 fully saturated rings. The Labute approximate surface area is 208 Å². The molecule has 4 rings (SSSR count). The zero-order chi connectivity index (χ0) is 25.9. The van der Waals surface area contributed by atoms with Crippen molar-refractivity contribution in [2.75, 3.05) is 19.6 Å². The predicted octanol–water partition coefficient (Wildman–Crippen LogP) is 3.00. The van der Waals surface area contributed by atoms with Gasteiger partial charge in [0, 0.05) is 25.2 Å². The van der Waals surface area contributed by atoms with E-state index in [0.29, 0.717) is 25.1 Å². The summed E-state index contributed by atoms with van der Waals surface area (Å²) < 4.78 is 79.5. The van der Waals surface area contributed by atoms with Crippen LogP contribution in [0.1, 0.15) is 41.8 Å². The van der Waals surface area contributed by atoms with Gasteiger partial charge in [-0.1, -0.05) is 13.8 Å². The third-order valence-corrected chi connectivity index (χ3v) is 7.30. The number of nitrogens with one attached hydrogen (secondary N) is 3. The number of benzene rings is 1. The number of hydrogen-bond donors (Lipinski definition) is 3. The smallest absolute Gasteiger partial charge is 0.356 e. The first-order chi connectivity index (χ1) is 16.1. The van der Waals surface area contributed by atoms with Crippen LogP contribution in [0.4, 0.5) is 26.3 Å². The van der Waals surface area contributed by atoms with Crippen LogP contribution in [0, 0.1) is 23.2 Å². The number of halogens is 7. The third kappa shape index (κ3) is 5.13. The van der Waals surface area contributed by atoms with E-state index >= 15 is 0 Å². The minimum Gasteiger partial charge on any atom is -0.356 e. The molecule has 2 saturated heterocycles. The summed E-state index contributed by atoms with van der Waals surface area (Å²) in [5.74, 6) is -2.69. The van der Waals surface area contributed by atoms with Crippen molar-refractivity contribution in [3.8, 4) is 0 Å². The van der Waals surface area contributed by atoms with Gasteiger partial charge in [-0.3, -0.25) is 19.8 Å². The Bertz CT molecular complexity index is 1030. The Kier molecular flexibility index (Phi) is 7.32. The van der Waals surface area contributed by atoms with Gasteiger partial charge in [-0.2, -0.15) is 26.3 Å². The highest BCUT2D eigenvalue weighted by Gasteiger charge is 2.69. The number of carbonyl (C=O) groups is 3. The standard InChI is InChI=1S/C22H24F6N4O3.ClH/c1-20(2)14-9-32(16(15(14)20)18(34)31-30-8-10-3-4-29-17(10)33)19(35)11-5-12(21(23,24)25)7-13(6-11)22(26,27)28;/h5-7,10,14-16,30H,3-4,8-9H2,1-2H3,(H,29,33)(H,31,34);1H/t10-,14-,15-,16-;/m0./s1. The second-order valence-corrected chi connectivity index (χ2v) is 9.80. The number of likely N-dealkylation sites (tertiary alicyclic amines) is 1. The van der Waals surface area contributed by atoms with Crippen molar-refractivity contribution in [1.29, 1.82) is 0 Å². The van der Waals surface area contributed by atoms with E-state index in [9.17, 15) is 40.7 Å². The van der Waals surface area contributed by atoms with E-state index < -0.39 is 46.9 Å². The van der Waals surface area contributed by atoms with Gasteiger partial charge in [0.05, 0.1) is 17.0 Å². The summed E-state index contributed by atoms with van der Waals surface area (Å²) in [6.07, 6.45) is -9.62. The number of alkyl halides is 6. The van der Waals surface area contributed by atoms with Crippen molar-refractivity contribution < 1.29 is 40.7 Å². The average molecular weight is 543 g/mol. The molecular weight excluding hydrogens is 518 g/mol. The van der Waals surface area contributed by atoms with Gasteiger partial charge in [0.2, 0.25) is 5.91 Å². The molecule has 1 saturated carbocycles. The van der Waals surface area contributed by atoms with Crippen molar-refractivity contribution in [1.82, 2.24) is 21.1 Å². The first-order valence-corrected chi connectivity index (χ1v) is 11.0. The fourth-order valence-corrected chi connectivity index (χ4v) is 5.21. The zero-order valence-corrected chi connectivity index (χ0v) is 20.0. The van der Waals surface area contributed by atoms with Crippen LogP contribution < -0.4 is 16.2 Å². The molecule has 0 unspecified atom stereocenters. The largest absolute Gasteiger partial charge is 0.416 e. The molecular formula is C22H25ClF6N4O3. The molecule has 7 nitrogen and oxygen atoms in total. The highest BCUT2D eigenvalue weighted by Crippen LogP contribution is 2.65. The molecule has 3 aliphatic rings. The fraction of sp³-hybridized carbons (Fsp3) is 0.591. The van der Waals surface area contributed by atoms with Crippen LogP contribution in [0.15, 0.2) is 18.2 Å². The lowest BCUT2D eigenvalue weighted by molar-refractivity contribution is -0.143. The molecule has 2 heterocycles. The second-order valence-electron chi connectivity index (χ2n) is 9.80. The van der Waals surface area contributed by atoms with E-state index in [0.717, 1.165) is 4.90 Å². The minimum atomic E-state index is -5.10. The summed E-state index contributed by atoms with van der Waals surface area (Å²) in [5.41, 5.74) is 0.799. The number of hydrazine groups is 1. The number of fused-ring (bicyclic) bond motifs is 1. The lowest BCUT2D eigenvalue weighted by Crippen LogP contribution is -2.53. The molecule has 3 amide bonds. The van der Waals surface area contributed by atoms with Gasteiger partial charge in [-0.05, 0) is 41.9 Å². The summed E-state index contributed by atoms with van der Waals surface area (Å²) in [6.45, 7) is 4.44. The zero-order valence-electron chi connectivity index (χ0n) is 19.2. The van der Waals surface area contributed by atoms with Crippen LogP contribution in [0.2, 0.25) is 0 Å². The van der Waals surface area contributed by atoms with E-state index in [2.05, 4.69) is 16.2 Å². The Morgan fingerprint density at radius 3 is 2.17 bits per heavy atom. The van der Waals surface area contributed by atoms with Gasteiger partial charge in [-0.15, -0.1) is 12.4 Å². The molecule has 4 atom stereocenters. The maximum absolute atomic E-state index is 13.3. The van der Waals surface area contributed by atoms with E-state index in [4.69, 9.17) is 0 Å². The first kappa shape index (κ1) is 28.0. The van der Waals surface area contributed by atoms with E-state index in [1.165, 1.54) is 0 Å². The molecule has 14 heteroatoms. The number of hydrogen-bond acceptors (Lipinski definition) is 4. The van der Waals surface area contributed by atoms with Crippen molar-refractivity contribution in [3.05, 3.63) is 34.9 Å². The topological polar surface area (TPSA) is 90.5 Å². The Hall–Kier alpha value is -2.54. The Morgan fingerprint density at radius 2 is 1.67 bits per heavy atom. The van der Waals surface area contributed by atoms with Crippen LogP contribution in [0.25, 0.3) is 0 Å². The number of carbonyl (C=O) groups excluding carboxylic acids is 3. The summed E-state index contributed by atoms with van der Waals surface area (Å²) in [6, 6.07) is -0.387. The van der Waals surface area contributed by atoms with E-state index in [1.54, 1.807) is 0 Å². The van der Waals surface area contributed by atoms with Gasteiger partial charge in [-0.25, -0.2) is 5.43 Å². The molecule has 0 aromatic heterocycles. The number of rotatable bonds is 5. The SMILES string of the molecule is CC1(C)[C@@H]2[C@@H](C(=O)NNC[C@@H]3CCNC3=O)N(C(=O)c3cc(C(F)(F)F)cc(C(F)(F)F)c3)C[C@@H]21.Cl.